The van der Waals surface area contributed by atoms with Gasteiger partial charge in [-0.25, -0.2) is 0 Å². The first-order valence-electron chi connectivity index (χ1n) is 21.5. The third kappa shape index (κ3) is 6.08. The zero-order valence-corrected chi connectivity index (χ0v) is 34.1. The van der Waals surface area contributed by atoms with Gasteiger partial charge in [-0.3, -0.25) is 0 Å². The fourth-order valence-electron chi connectivity index (χ4n) is 9.88. The highest BCUT2D eigenvalue weighted by Crippen LogP contribution is 2.48. The maximum atomic E-state index is 2.48. The van der Waals surface area contributed by atoms with Crippen LogP contribution in [0, 0.1) is 0 Å². The fraction of sp³-hybridized carbons (Fsp3) is 0. The van der Waals surface area contributed by atoms with Crippen molar-refractivity contribution in [3.63, 3.8) is 0 Å². The Hall–Kier alpha value is -8.06. The molecule has 0 aliphatic heterocycles. The molecule has 12 aromatic carbocycles. The van der Waals surface area contributed by atoms with Crippen LogP contribution in [0.1, 0.15) is 0 Å². The molecule has 12 rings (SSSR count). The van der Waals surface area contributed by atoms with Crippen LogP contribution in [0.4, 0.5) is 0 Å². The van der Waals surface area contributed by atoms with Crippen molar-refractivity contribution in [2.75, 3.05) is 0 Å². The Bertz CT molecular complexity index is 3640. The lowest BCUT2D eigenvalue weighted by Gasteiger charge is -2.20. The van der Waals surface area contributed by atoms with Crippen LogP contribution in [0.15, 0.2) is 243 Å². The predicted molar refractivity (Wildman–Crippen MR) is 267 cm³/mol. The van der Waals surface area contributed by atoms with Crippen LogP contribution in [0.5, 0.6) is 0 Å². The van der Waals surface area contributed by atoms with Crippen LogP contribution in [0.2, 0.25) is 0 Å². The molecular weight excluding hydrogens is 745 g/mol. The molecule has 0 amide bonds. The van der Waals surface area contributed by atoms with Crippen molar-refractivity contribution in [3.8, 4) is 66.8 Å². The van der Waals surface area contributed by atoms with E-state index in [-0.39, 0.29) is 0 Å². The smallest absolute Gasteiger partial charge is 0.00259 e. The molecule has 0 unspecified atom stereocenters. The molecule has 0 saturated heterocycles. The summed E-state index contributed by atoms with van der Waals surface area (Å²) >= 11 is 0. The summed E-state index contributed by atoms with van der Waals surface area (Å²) < 4.78 is 0. The quantitative estimate of drug-likeness (QED) is 0.116. The van der Waals surface area contributed by atoms with E-state index in [0.29, 0.717) is 0 Å². The topological polar surface area (TPSA) is 0 Å². The summed E-state index contributed by atoms with van der Waals surface area (Å²) in [7, 11) is 0. The highest BCUT2D eigenvalue weighted by molar-refractivity contribution is 6.27. The molecule has 0 fully saturated rings. The minimum atomic E-state index is 1.20. The van der Waals surface area contributed by atoms with Crippen LogP contribution < -0.4 is 0 Å². The van der Waals surface area contributed by atoms with Crippen LogP contribution in [-0.4, -0.2) is 0 Å². The maximum absolute atomic E-state index is 2.48. The monoisotopic (exact) mass is 784 g/mol. The first kappa shape index (κ1) is 35.8. The number of benzene rings is 12. The van der Waals surface area contributed by atoms with Crippen LogP contribution in [-0.2, 0) is 0 Å². The van der Waals surface area contributed by atoms with Gasteiger partial charge in [0.1, 0.15) is 0 Å². The van der Waals surface area contributed by atoms with E-state index in [0.717, 1.165) is 0 Å². The predicted octanol–water partition coefficient (Wildman–Crippen LogP) is 17.5. The van der Waals surface area contributed by atoms with Crippen molar-refractivity contribution in [2.45, 2.75) is 0 Å². The molecular formula is C62H40. The molecule has 12 aromatic rings. The second-order valence-electron chi connectivity index (χ2n) is 16.4. The van der Waals surface area contributed by atoms with Gasteiger partial charge < -0.3 is 0 Å². The van der Waals surface area contributed by atoms with Gasteiger partial charge in [0.05, 0.1) is 0 Å². The average Bonchev–Trinajstić information content (AvgIpc) is 3.35. The van der Waals surface area contributed by atoms with E-state index in [4.69, 9.17) is 0 Å². The molecule has 0 spiro atoms. The molecule has 0 heterocycles. The minimum absolute atomic E-state index is 1.20. The molecule has 0 aromatic heterocycles. The Kier molecular flexibility index (Phi) is 8.61. The molecule has 0 radical (unpaired) electrons. The highest BCUT2D eigenvalue weighted by atomic mass is 14.2. The third-order valence-electron chi connectivity index (χ3n) is 12.8. The Labute approximate surface area is 361 Å². The van der Waals surface area contributed by atoms with Crippen molar-refractivity contribution >= 4 is 53.9 Å². The van der Waals surface area contributed by atoms with Gasteiger partial charge in [-0.05, 0) is 145 Å². The molecule has 0 nitrogen and oxygen atoms in total. The van der Waals surface area contributed by atoms with E-state index in [2.05, 4.69) is 243 Å². The van der Waals surface area contributed by atoms with E-state index in [1.165, 1.54) is 121 Å². The second-order valence-corrected chi connectivity index (χ2v) is 16.4. The minimum Gasteiger partial charge on any atom is -0.0622 e. The zero-order chi connectivity index (χ0) is 41.0. The molecule has 0 heteroatoms. The lowest BCUT2D eigenvalue weighted by Crippen LogP contribution is -1.93. The molecule has 0 atom stereocenters. The van der Waals surface area contributed by atoms with Gasteiger partial charge in [0.2, 0.25) is 0 Å². The summed E-state index contributed by atoms with van der Waals surface area (Å²) in [6, 6.07) is 89.4. The van der Waals surface area contributed by atoms with E-state index < -0.39 is 0 Å². The summed E-state index contributed by atoms with van der Waals surface area (Å²) in [5.74, 6) is 0. The van der Waals surface area contributed by atoms with E-state index in [9.17, 15) is 0 Å². The Morgan fingerprint density at radius 2 is 0.484 bits per heavy atom. The molecule has 288 valence electrons. The summed E-state index contributed by atoms with van der Waals surface area (Å²) in [6.45, 7) is 0. The largest absolute Gasteiger partial charge is 0.0622 e. The van der Waals surface area contributed by atoms with Crippen molar-refractivity contribution in [3.05, 3.63) is 243 Å². The Morgan fingerprint density at radius 3 is 0.952 bits per heavy atom. The number of rotatable bonds is 6. The van der Waals surface area contributed by atoms with Gasteiger partial charge in [0, 0.05) is 0 Å². The standard InChI is InChI=1S/C62H40/c1-3-15-41(16-4-1)51-22-11-13-24-53(51)44-27-32-46(33-28-44)61-57-37-48-20-7-8-21-49(48)38-58(57)62(60-40-56-50(39-59(60)61)36-31-43-19-9-10-26-55(43)56)47-34-29-45(30-35-47)54-25-14-12-23-52(54)42-17-5-2-6-18-42/h1-40H. The van der Waals surface area contributed by atoms with Crippen molar-refractivity contribution in [1.82, 2.24) is 0 Å². The normalized spacial score (nSPS) is 11.5. The van der Waals surface area contributed by atoms with Crippen molar-refractivity contribution in [2.24, 2.45) is 0 Å². The summed E-state index contributed by atoms with van der Waals surface area (Å²) in [5, 5.41) is 12.5. The van der Waals surface area contributed by atoms with E-state index in [1.807, 2.05) is 0 Å². The first-order valence-corrected chi connectivity index (χ1v) is 21.5. The van der Waals surface area contributed by atoms with Gasteiger partial charge in [-0.1, -0.05) is 218 Å². The molecule has 0 bridgehead atoms. The molecule has 62 heavy (non-hydrogen) atoms. The Morgan fingerprint density at radius 1 is 0.161 bits per heavy atom. The van der Waals surface area contributed by atoms with Gasteiger partial charge in [-0.15, -0.1) is 0 Å². The summed E-state index contributed by atoms with van der Waals surface area (Å²) in [4.78, 5) is 0. The molecule has 0 N–H and O–H groups in total. The molecule has 0 aliphatic carbocycles. The number of hydrogen-bond acceptors (Lipinski definition) is 0. The van der Waals surface area contributed by atoms with Crippen LogP contribution in [0.3, 0.4) is 0 Å². The SMILES string of the molecule is c1ccc(-c2ccccc2-c2ccc(-c3c4cc5ccccc5cc4c(-c4ccc(-c5ccccc5-c5ccccc5)cc4)c4cc5c(ccc6ccccc65)cc34)cc2)cc1. The second kappa shape index (κ2) is 14.9. The number of hydrogen-bond donors (Lipinski definition) is 0. The van der Waals surface area contributed by atoms with Gasteiger partial charge in [0.25, 0.3) is 0 Å². The van der Waals surface area contributed by atoms with Gasteiger partial charge >= 0.3 is 0 Å². The van der Waals surface area contributed by atoms with Gasteiger partial charge in [-0.2, -0.15) is 0 Å². The van der Waals surface area contributed by atoms with E-state index in [1.54, 1.807) is 0 Å². The lowest BCUT2D eigenvalue weighted by atomic mass is 9.83. The third-order valence-corrected chi connectivity index (χ3v) is 12.8. The first-order chi connectivity index (χ1) is 30.7. The highest BCUT2D eigenvalue weighted by Gasteiger charge is 2.20. The van der Waals surface area contributed by atoms with Crippen molar-refractivity contribution in [1.29, 1.82) is 0 Å². The number of fused-ring (bicyclic) bond motifs is 6. The maximum Gasteiger partial charge on any atom is -0.00259 e. The van der Waals surface area contributed by atoms with E-state index >= 15 is 0 Å². The zero-order valence-electron chi connectivity index (χ0n) is 34.1. The van der Waals surface area contributed by atoms with Crippen LogP contribution in [0.25, 0.3) is 121 Å². The molecule has 0 saturated carbocycles. The van der Waals surface area contributed by atoms with Crippen LogP contribution >= 0.6 is 0 Å². The van der Waals surface area contributed by atoms with Crippen molar-refractivity contribution < 1.29 is 0 Å². The summed E-state index contributed by atoms with van der Waals surface area (Å²) in [5.41, 5.74) is 14.7. The fourth-order valence-corrected chi connectivity index (χ4v) is 9.88. The Balaban J connectivity index is 1.12. The van der Waals surface area contributed by atoms with Gasteiger partial charge in [0.15, 0.2) is 0 Å². The average molecular weight is 785 g/mol. The molecule has 0 aliphatic rings. The summed E-state index contributed by atoms with van der Waals surface area (Å²) in [6.07, 6.45) is 0. The lowest BCUT2D eigenvalue weighted by molar-refractivity contribution is 1.58.